The average molecular weight is 416 g/mol. The number of amides is 1. The molecule has 0 saturated carbocycles. The molecule has 0 spiro atoms. The third-order valence-electron chi connectivity index (χ3n) is 5.55. The molecule has 0 unspecified atom stereocenters. The average Bonchev–Trinajstić information content (AvgIpc) is 2.50. The number of carbonyl (C=O) groups excluding carboxylic acids is 2. The Balaban J connectivity index is 3.04. The zero-order valence-corrected chi connectivity index (χ0v) is 20.4. The molecule has 2 atom stereocenters. The molecule has 1 aliphatic heterocycles. The van der Waals surface area contributed by atoms with E-state index >= 15 is 0 Å². The molecular formula is C21H41NO5Si. The highest BCUT2D eigenvalue weighted by atomic mass is 28.4. The van der Waals surface area contributed by atoms with Crippen LogP contribution < -0.4 is 0 Å². The Morgan fingerprint density at radius 2 is 1.71 bits per heavy atom. The fourth-order valence-corrected chi connectivity index (χ4v) is 4.49. The van der Waals surface area contributed by atoms with Crippen LogP contribution in [0.4, 0.5) is 4.79 Å². The second-order valence-electron chi connectivity index (χ2n) is 10.1. The van der Waals surface area contributed by atoms with Crippen LogP contribution in [0.15, 0.2) is 0 Å². The first-order valence-corrected chi connectivity index (χ1v) is 13.4. The van der Waals surface area contributed by atoms with Crippen molar-refractivity contribution in [3.63, 3.8) is 0 Å². The van der Waals surface area contributed by atoms with Crippen LogP contribution in [0.5, 0.6) is 0 Å². The van der Waals surface area contributed by atoms with Gasteiger partial charge in [0.15, 0.2) is 8.32 Å². The molecule has 0 aromatic heterocycles. The van der Waals surface area contributed by atoms with Crippen molar-refractivity contribution in [1.29, 1.82) is 0 Å². The molecule has 1 saturated heterocycles. The van der Waals surface area contributed by atoms with Crippen molar-refractivity contribution in [3.8, 4) is 0 Å². The van der Waals surface area contributed by atoms with E-state index < -0.39 is 13.9 Å². The van der Waals surface area contributed by atoms with Gasteiger partial charge in [0.1, 0.15) is 5.60 Å². The van der Waals surface area contributed by atoms with Crippen molar-refractivity contribution >= 4 is 20.4 Å². The van der Waals surface area contributed by atoms with E-state index in [0.29, 0.717) is 19.6 Å². The van der Waals surface area contributed by atoms with Crippen LogP contribution in [-0.4, -0.2) is 56.2 Å². The first-order valence-electron chi connectivity index (χ1n) is 10.5. The summed E-state index contributed by atoms with van der Waals surface area (Å²) < 4.78 is 17.4. The minimum absolute atomic E-state index is 0.0763. The summed E-state index contributed by atoms with van der Waals surface area (Å²) in [7, 11) is -2.01. The maximum Gasteiger partial charge on any atom is 0.410 e. The topological polar surface area (TPSA) is 65.1 Å². The Hall–Kier alpha value is -1.08. The number of rotatable bonds is 6. The molecule has 164 valence electrons. The van der Waals surface area contributed by atoms with Gasteiger partial charge in [-0.1, -0.05) is 20.8 Å². The molecule has 6 nitrogen and oxygen atoms in total. The van der Waals surface area contributed by atoms with Crippen molar-refractivity contribution in [3.05, 3.63) is 0 Å². The van der Waals surface area contributed by atoms with Crippen molar-refractivity contribution in [2.45, 2.75) is 110 Å². The Morgan fingerprint density at radius 1 is 1.11 bits per heavy atom. The van der Waals surface area contributed by atoms with Crippen molar-refractivity contribution < 1.29 is 23.5 Å². The molecule has 0 radical (unpaired) electrons. The largest absolute Gasteiger partial charge is 0.466 e. The number of esters is 1. The molecule has 0 aromatic carbocycles. The van der Waals surface area contributed by atoms with E-state index in [2.05, 4.69) is 33.9 Å². The van der Waals surface area contributed by atoms with E-state index in [-0.39, 0.29) is 35.7 Å². The van der Waals surface area contributed by atoms with Gasteiger partial charge in [0.25, 0.3) is 0 Å². The minimum Gasteiger partial charge on any atom is -0.466 e. The summed E-state index contributed by atoms with van der Waals surface area (Å²) in [6.07, 6.45) is 2.14. The number of hydrogen-bond donors (Lipinski definition) is 0. The first kappa shape index (κ1) is 25.0. The second-order valence-corrected chi connectivity index (χ2v) is 14.9. The molecule has 0 aromatic rings. The van der Waals surface area contributed by atoms with Crippen LogP contribution in [0.3, 0.4) is 0 Å². The lowest BCUT2D eigenvalue weighted by Gasteiger charge is -2.46. The first-order chi connectivity index (χ1) is 12.7. The smallest absolute Gasteiger partial charge is 0.410 e. The van der Waals surface area contributed by atoms with Crippen LogP contribution in [0.25, 0.3) is 0 Å². The summed E-state index contributed by atoms with van der Waals surface area (Å²) >= 11 is 0. The highest BCUT2D eigenvalue weighted by Gasteiger charge is 2.44. The number of hydrogen-bond acceptors (Lipinski definition) is 5. The molecule has 1 amide bonds. The quantitative estimate of drug-likeness (QED) is 0.445. The molecule has 1 aliphatic rings. The van der Waals surface area contributed by atoms with Crippen LogP contribution in [0.1, 0.15) is 74.1 Å². The highest BCUT2D eigenvalue weighted by Crippen LogP contribution is 2.39. The van der Waals surface area contributed by atoms with Gasteiger partial charge in [0, 0.05) is 13.0 Å². The van der Waals surface area contributed by atoms with Crippen molar-refractivity contribution in [1.82, 2.24) is 4.90 Å². The van der Waals surface area contributed by atoms with Crippen LogP contribution in [-0.2, 0) is 18.7 Å². The number of likely N-dealkylation sites (tertiary alicyclic amines) is 1. The van der Waals surface area contributed by atoms with Crippen LogP contribution >= 0.6 is 0 Å². The molecule has 1 heterocycles. The van der Waals surface area contributed by atoms with Gasteiger partial charge in [-0.3, -0.25) is 4.79 Å². The Labute approximate surface area is 172 Å². The van der Waals surface area contributed by atoms with Gasteiger partial charge in [-0.2, -0.15) is 0 Å². The lowest BCUT2D eigenvalue weighted by atomic mass is 9.95. The summed E-state index contributed by atoms with van der Waals surface area (Å²) in [5.41, 5.74) is -0.560. The molecule has 0 N–H and O–H groups in total. The van der Waals surface area contributed by atoms with Gasteiger partial charge in [-0.05, 0) is 65.1 Å². The zero-order valence-electron chi connectivity index (χ0n) is 19.4. The predicted octanol–water partition coefficient (Wildman–Crippen LogP) is 5.12. The fraction of sp³-hybridized carbons (Fsp3) is 0.905. The fourth-order valence-electron chi connectivity index (χ4n) is 3.10. The monoisotopic (exact) mass is 415 g/mol. The molecule has 28 heavy (non-hydrogen) atoms. The summed E-state index contributed by atoms with van der Waals surface area (Å²) in [6, 6.07) is -0.179. The lowest BCUT2D eigenvalue weighted by Crippen LogP contribution is -2.56. The van der Waals surface area contributed by atoms with E-state index in [9.17, 15) is 9.59 Å². The van der Waals surface area contributed by atoms with Gasteiger partial charge in [0.05, 0.1) is 18.8 Å². The zero-order chi connectivity index (χ0) is 21.8. The third kappa shape index (κ3) is 7.39. The maximum absolute atomic E-state index is 12.8. The molecule has 1 rings (SSSR count). The van der Waals surface area contributed by atoms with Gasteiger partial charge in [-0.15, -0.1) is 0 Å². The van der Waals surface area contributed by atoms with Crippen LogP contribution in [0.2, 0.25) is 18.1 Å². The number of piperidine rings is 1. The Morgan fingerprint density at radius 3 is 2.21 bits per heavy atom. The molecule has 0 aliphatic carbocycles. The van der Waals surface area contributed by atoms with Gasteiger partial charge in [-0.25, -0.2) is 4.79 Å². The highest BCUT2D eigenvalue weighted by molar-refractivity contribution is 6.74. The lowest BCUT2D eigenvalue weighted by molar-refractivity contribution is -0.143. The maximum atomic E-state index is 12.8. The third-order valence-corrected chi connectivity index (χ3v) is 10.1. The summed E-state index contributed by atoms with van der Waals surface area (Å²) in [6.45, 7) is 19.5. The normalized spacial score (nSPS) is 21.4. The molecule has 1 fully saturated rings. The van der Waals surface area contributed by atoms with Gasteiger partial charge in [0.2, 0.25) is 0 Å². The van der Waals surface area contributed by atoms with Crippen LogP contribution in [0, 0.1) is 0 Å². The molecule has 7 heteroatoms. The van der Waals surface area contributed by atoms with E-state index in [0.717, 1.165) is 12.8 Å². The number of ether oxygens (including phenoxy) is 2. The number of carbonyl (C=O) groups is 2. The standard InChI is InChI=1S/C21H41NO5Si/c1-10-25-18(23)14-13-16-17(27-28(8,9)21(5,6)7)12-11-15-22(16)19(24)26-20(2,3)4/h16-17H,10-15H2,1-9H3/t16-,17-/m0/s1. The SMILES string of the molecule is CCOC(=O)CC[C@H]1[C@@H](O[Si](C)(C)C(C)(C)C)CCCN1C(=O)OC(C)(C)C. The summed E-state index contributed by atoms with van der Waals surface area (Å²) in [4.78, 5) is 26.6. The van der Waals surface area contributed by atoms with Gasteiger partial charge >= 0.3 is 12.1 Å². The second kappa shape index (κ2) is 9.61. The van der Waals surface area contributed by atoms with E-state index in [1.54, 1.807) is 11.8 Å². The van der Waals surface area contributed by atoms with E-state index in [1.165, 1.54) is 0 Å². The molecule has 0 bridgehead atoms. The Kier molecular flexibility index (Phi) is 8.57. The Bertz CT molecular complexity index is 536. The van der Waals surface area contributed by atoms with E-state index in [1.807, 2.05) is 20.8 Å². The summed E-state index contributed by atoms with van der Waals surface area (Å²) in [5, 5.41) is 0.0763. The van der Waals surface area contributed by atoms with E-state index in [4.69, 9.17) is 13.9 Å². The summed E-state index contributed by atoms with van der Waals surface area (Å²) in [5.74, 6) is -0.233. The minimum atomic E-state index is -2.01. The number of nitrogens with zero attached hydrogens (tertiary/aromatic N) is 1. The molecular weight excluding hydrogens is 374 g/mol. The van der Waals surface area contributed by atoms with Gasteiger partial charge < -0.3 is 18.8 Å². The van der Waals surface area contributed by atoms with Crippen molar-refractivity contribution in [2.75, 3.05) is 13.2 Å². The van der Waals surface area contributed by atoms with Crippen molar-refractivity contribution in [2.24, 2.45) is 0 Å². The predicted molar refractivity (Wildman–Crippen MR) is 114 cm³/mol.